The lowest BCUT2D eigenvalue weighted by Crippen LogP contribution is -2.40. The summed E-state index contributed by atoms with van der Waals surface area (Å²) in [5, 5.41) is 9.51. The van der Waals surface area contributed by atoms with Crippen molar-refractivity contribution in [3.8, 4) is 16.9 Å². The maximum Gasteiger partial charge on any atom is 0.410 e. The molecule has 0 spiro atoms. The number of hydrogen-bond donors (Lipinski definition) is 1. The van der Waals surface area contributed by atoms with Crippen LogP contribution in [0, 0.1) is 13.8 Å². The molecule has 210 valence electrons. The van der Waals surface area contributed by atoms with E-state index in [9.17, 15) is 19.5 Å². The number of esters is 1. The summed E-state index contributed by atoms with van der Waals surface area (Å²) in [6.07, 6.45) is -0.705. The number of benzene rings is 3. The van der Waals surface area contributed by atoms with Gasteiger partial charge in [0.2, 0.25) is 0 Å². The second-order valence-corrected chi connectivity index (χ2v) is 10.4. The number of hydrogen-bond acceptors (Lipinski definition) is 6. The summed E-state index contributed by atoms with van der Waals surface area (Å²) >= 11 is 0. The number of aryl methyl sites for hydroxylation is 2. The molecule has 0 aliphatic heterocycles. The molecule has 40 heavy (non-hydrogen) atoms. The van der Waals surface area contributed by atoms with Gasteiger partial charge in [0.05, 0.1) is 6.61 Å². The molecule has 1 aliphatic carbocycles. The number of carbonyl (C=O) groups excluding carboxylic acids is 2. The summed E-state index contributed by atoms with van der Waals surface area (Å²) in [4.78, 5) is 38.3. The molecule has 8 nitrogen and oxygen atoms in total. The second-order valence-electron chi connectivity index (χ2n) is 10.4. The first kappa shape index (κ1) is 28.7. The Bertz CT molecular complexity index is 1360. The van der Waals surface area contributed by atoms with Crippen LogP contribution in [0.15, 0.2) is 60.7 Å². The molecule has 1 amide bonds. The van der Waals surface area contributed by atoms with Gasteiger partial charge in [-0.15, -0.1) is 0 Å². The Labute approximate surface area is 234 Å². The SMILES string of the molecule is CCOC(=O)C(C)(C)Oc1c(C)cc(CN(CC(=O)O)C(=O)OCC2c3ccccc3-c3ccccc32)cc1C. The van der Waals surface area contributed by atoms with E-state index in [1.807, 2.05) is 62.4 Å². The van der Waals surface area contributed by atoms with Gasteiger partial charge in [0.15, 0.2) is 5.60 Å². The van der Waals surface area contributed by atoms with Crippen molar-refractivity contribution < 1.29 is 33.7 Å². The smallest absolute Gasteiger partial charge is 0.410 e. The Balaban J connectivity index is 1.50. The molecule has 4 rings (SSSR count). The van der Waals surface area contributed by atoms with E-state index in [4.69, 9.17) is 14.2 Å². The number of rotatable bonds is 10. The van der Waals surface area contributed by atoms with Crippen LogP contribution < -0.4 is 4.74 Å². The van der Waals surface area contributed by atoms with E-state index in [0.717, 1.165) is 33.4 Å². The first-order valence-corrected chi connectivity index (χ1v) is 13.3. The predicted molar refractivity (Wildman–Crippen MR) is 150 cm³/mol. The summed E-state index contributed by atoms with van der Waals surface area (Å²) in [6, 6.07) is 19.7. The van der Waals surface area contributed by atoms with E-state index in [1.165, 1.54) is 4.90 Å². The minimum Gasteiger partial charge on any atom is -0.480 e. The maximum atomic E-state index is 13.2. The zero-order valence-corrected chi connectivity index (χ0v) is 23.5. The molecule has 0 heterocycles. The van der Waals surface area contributed by atoms with E-state index in [-0.39, 0.29) is 25.7 Å². The zero-order valence-electron chi connectivity index (χ0n) is 23.5. The maximum absolute atomic E-state index is 13.2. The van der Waals surface area contributed by atoms with Gasteiger partial charge in [-0.1, -0.05) is 60.7 Å². The van der Waals surface area contributed by atoms with Crippen molar-refractivity contribution in [2.24, 2.45) is 0 Å². The number of aliphatic carboxylic acids is 1. The molecule has 0 radical (unpaired) electrons. The van der Waals surface area contributed by atoms with Gasteiger partial charge in [0, 0.05) is 12.5 Å². The van der Waals surface area contributed by atoms with E-state index in [0.29, 0.717) is 11.3 Å². The standard InChI is InChI=1S/C32H35NO7/c1-6-38-30(36)32(4,5)40-29-20(2)15-22(16-21(29)3)17-33(18-28(34)35)31(37)39-19-27-25-13-9-7-11-23(25)24-12-8-10-14-26(24)27/h7-16,27H,6,17-19H2,1-5H3,(H,34,35). The van der Waals surface area contributed by atoms with Crippen molar-refractivity contribution in [1.82, 2.24) is 4.90 Å². The van der Waals surface area contributed by atoms with Crippen LogP contribution in [-0.2, 0) is 25.6 Å². The van der Waals surface area contributed by atoms with Crippen LogP contribution in [0.2, 0.25) is 0 Å². The molecule has 0 saturated heterocycles. The average molecular weight is 546 g/mol. The fourth-order valence-corrected chi connectivity index (χ4v) is 5.15. The topological polar surface area (TPSA) is 102 Å². The third kappa shape index (κ3) is 6.11. The molecule has 0 bridgehead atoms. The summed E-state index contributed by atoms with van der Waals surface area (Å²) in [6.45, 7) is 8.55. The largest absolute Gasteiger partial charge is 0.480 e. The normalized spacial score (nSPS) is 12.3. The molecular weight excluding hydrogens is 510 g/mol. The molecule has 8 heteroatoms. The molecule has 0 unspecified atom stereocenters. The van der Waals surface area contributed by atoms with Crippen LogP contribution in [0.5, 0.6) is 5.75 Å². The molecule has 3 aromatic carbocycles. The van der Waals surface area contributed by atoms with Crippen molar-refractivity contribution in [3.63, 3.8) is 0 Å². The van der Waals surface area contributed by atoms with E-state index in [2.05, 4.69) is 12.1 Å². The number of carbonyl (C=O) groups is 3. The Hall–Kier alpha value is -4.33. The third-order valence-corrected chi connectivity index (χ3v) is 6.94. The monoisotopic (exact) mass is 545 g/mol. The zero-order chi connectivity index (χ0) is 29.0. The Morgan fingerprint density at radius 2 is 1.45 bits per heavy atom. The van der Waals surface area contributed by atoms with Crippen molar-refractivity contribution in [3.05, 3.63) is 88.5 Å². The third-order valence-electron chi connectivity index (χ3n) is 6.94. The van der Waals surface area contributed by atoms with Crippen molar-refractivity contribution >= 4 is 18.0 Å². The molecule has 0 atom stereocenters. The predicted octanol–water partition coefficient (Wildman–Crippen LogP) is 5.86. The first-order chi connectivity index (χ1) is 19.0. The molecular formula is C32H35NO7. The highest BCUT2D eigenvalue weighted by Gasteiger charge is 2.33. The summed E-state index contributed by atoms with van der Waals surface area (Å²) in [5.74, 6) is -1.21. The minimum absolute atomic E-state index is 0.0339. The molecule has 1 N–H and O–H groups in total. The van der Waals surface area contributed by atoms with Crippen LogP contribution in [0.4, 0.5) is 4.79 Å². The van der Waals surface area contributed by atoms with Crippen LogP contribution in [-0.4, -0.2) is 53.4 Å². The van der Waals surface area contributed by atoms with Crippen molar-refractivity contribution in [2.45, 2.75) is 52.7 Å². The summed E-state index contributed by atoms with van der Waals surface area (Å²) in [7, 11) is 0. The number of carboxylic acid groups (broad SMARTS) is 1. The number of amides is 1. The Morgan fingerprint density at radius 1 is 0.900 bits per heavy atom. The summed E-state index contributed by atoms with van der Waals surface area (Å²) < 4.78 is 16.9. The lowest BCUT2D eigenvalue weighted by Gasteiger charge is -2.27. The highest BCUT2D eigenvalue weighted by atomic mass is 16.6. The fourth-order valence-electron chi connectivity index (χ4n) is 5.15. The van der Waals surface area contributed by atoms with Gasteiger partial charge in [0.1, 0.15) is 18.9 Å². The molecule has 0 aromatic heterocycles. The van der Waals surface area contributed by atoms with Crippen LogP contribution in [0.3, 0.4) is 0 Å². The van der Waals surface area contributed by atoms with Crippen LogP contribution >= 0.6 is 0 Å². The lowest BCUT2D eigenvalue weighted by molar-refractivity contribution is -0.158. The highest BCUT2D eigenvalue weighted by Crippen LogP contribution is 2.44. The molecule has 1 aliphatic rings. The van der Waals surface area contributed by atoms with Gasteiger partial charge < -0.3 is 19.3 Å². The lowest BCUT2D eigenvalue weighted by atomic mass is 9.98. The van der Waals surface area contributed by atoms with Crippen molar-refractivity contribution in [1.29, 1.82) is 0 Å². The van der Waals surface area contributed by atoms with Gasteiger partial charge >= 0.3 is 18.0 Å². The number of fused-ring (bicyclic) bond motifs is 3. The fraction of sp³-hybridized carbons (Fsp3) is 0.344. The van der Waals surface area contributed by atoms with Crippen molar-refractivity contribution in [2.75, 3.05) is 19.8 Å². The van der Waals surface area contributed by atoms with Crippen LogP contribution in [0.25, 0.3) is 11.1 Å². The summed E-state index contributed by atoms with van der Waals surface area (Å²) in [5.41, 5.74) is 5.39. The average Bonchev–Trinajstić information content (AvgIpc) is 3.22. The first-order valence-electron chi connectivity index (χ1n) is 13.3. The second kappa shape index (κ2) is 11.8. The van der Waals surface area contributed by atoms with E-state index < -0.39 is 30.2 Å². The number of ether oxygens (including phenoxy) is 3. The molecule has 0 saturated carbocycles. The minimum atomic E-state index is -1.19. The highest BCUT2D eigenvalue weighted by molar-refractivity contribution is 5.80. The molecule has 3 aromatic rings. The number of carboxylic acids is 1. The van der Waals surface area contributed by atoms with Gasteiger partial charge in [0.25, 0.3) is 0 Å². The Kier molecular flexibility index (Phi) is 8.47. The number of nitrogens with zero attached hydrogens (tertiary/aromatic N) is 1. The van der Waals surface area contributed by atoms with Gasteiger partial charge in [-0.3, -0.25) is 9.69 Å². The van der Waals surface area contributed by atoms with Gasteiger partial charge in [-0.2, -0.15) is 0 Å². The molecule has 0 fully saturated rings. The van der Waals surface area contributed by atoms with Gasteiger partial charge in [-0.25, -0.2) is 9.59 Å². The van der Waals surface area contributed by atoms with Gasteiger partial charge in [-0.05, 0) is 73.6 Å². The van der Waals surface area contributed by atoms with E-state index >= 15 is 0 Å². The van der Waals surface area contributed by atoms with Crippen LogP contribution in [0.1, 0.15) is 54.5 Å². The quantitative estimate of drug-likeness (QED) is 0.318. The van der Waals surface area contributed by atoms with E-state index in [1.54, 1.807) is 20.8 Å². The Morgan fingerprint density at radius 3 is 1.98 bits per heavy atom.